The molecule has 1 aliphatic heterocycles. The third-order valence-electron chi connectivity index (χ3n) is 9.03. The van der Waals surface area contributed by atoms with E-state index in [0.717, 1.165) is 35.8 Å². The first-order valence-corrected chi connectivity index (χ1v) is 15.1. The van der Waals surface area contributed by atoms with Gasteiger partial charge in [-0.05, 0) is 86.7 Å². The van der Waals surface area contributed by atoms with Gasteiger partial charge in [0.25, 0.3) is 5.91 Å². The van der Waals surface area contributed by atoms with E-state index in [0.29, 0.717) is 41.1 Å². The van der Waals surface area contributed by atoms with Gasteiger partial charge in [0.05, 0.1) is 28.2 Å². The molecule has 0 spiro atoms. The summed E-state index contributed by atoms with van der Waals surface area (Å²) in [7, 11) is 2.05. The number of fused-ring (bicyclic) bond motifs is 1. The van der Waals surface area contributed by atoms with Gasteiger partial charge < -0.3 is 20.9 Å². The molecule has 2 aliphatic rings. The van der Waals surface area contributed by atoms with Crippen LogP contribution in [0.25, 0.3) is 22.2 Å². The second-order valence-corrected chi connectivity index (χ2v) is 12.2. The highest BCUT2D eigenvalue weighted by atomic mass is 19.4. The summed E-state index contributed by atoms with van der Waals surface area (Å²) in [6.45, 7) is 3.07. The van der Waals surface area contributed by atoms with Gasteiger partial charge in [0.2, 0.25) is 0 Å². The predicted molar refractivity (Wildman–Crippen MR) is 164 cm³/mol. The Morgan fingerprint density at radius 2 is 1.64 bits per heavy atom. The lowest BCUT2D eigenvalue weighted by molar-refractivity contribution is -0.182. The number of likely N-dealkylation sites (N-methyl/N-ethyl adjacent to an activating group) is 1. The minimum Gasteiger partial charge on any atom is -0.381 e. The van der Waals surface area contributed by atoms with Crippen LogP contribution in [0, 0.1) is 17.6 Å². The van der Waals surface area contributed by atoms with Crippen LogP contribution in [0.5, 0.6) is 0 Å². The summed E-state index contributed by atoms with van der Waals surface area (Å²) in [5, 5.41) is 11.9. The van der Waals surface area contributed by atoms with Crippen molar-refractivity contribution in [3.05, 3.63) is 76.9 Å². The smallest absolute Gasteiger partial charge is 0.381 e. The number of benzene rings is 3. The number of carbonyl (C=O) groups is 1. The molecule has 0 atom stereocenters. The third kappa shape index (κ3) is 6.61. The molecule has 238 valence electrons. The van der Waals surface area contributed by atoms with E-state index >= 15 is 0 Å². The van der Waals surface area contributed by atoms with Crippen LogP contribution in [-0.2, 0) is 6.42 Å². The number of aromatic amines is 1. The van der Waals surface area contributed by atoms with E-state index in [9.17, 15) is 26.7 Å². The number of nitrogens with zero attached hydrogens (tertiary/aromatic N) is 3. The Hall–Kier alpha value is -4.19. The van der Waals surface area contributed by atoms with Crippen LogP contribution in [0.1, 0.15) is 47.2 Å². The Morgan fingerprint density at radius 3 is 2.29 bits per heavy atom. The zero-order chi connectivity index (χ0) is 31.9. The van der Waals surface area contributed by atoms with Crippen molar-refractivity contribution in [1.29, 1.82) is 0 Å². The van der Waals surface area contributed by atoms with Crippen LogP contribution < -0.4 is 16.0 Å². The number of carbonyl (C=O) groups excluding carboxylic acids is 1. The zero-order valence-corrected chi connectivity index (χ0v) is 24.9. The molecule has 1 aliphatic carbocycles. The maximum Gasteiger partial charge on any atom is 0.391 e. The first-order chi connectivity index (χ1) is 21.5. The highest BCUT2D eigenvalue weighted by Crippen LogP contribution is 2.44. The van der Waals surface area contributed by atoms with Gasteiger partial charge in [0, 0.05) is 49.4 Å². The van der Waals surface area contributed by atoms with Crippen LogP contribution in [-0.4, -0.2) is 66.4 Å². The predicted octanol–water partition coefficient (Wildman–Crippen LogP) is 6.48. The van der Waals surface area contributed by atoms with Crippen LogP contribution in [0.3, 0.4) is 0 Å². The average Bonchev–Trinajstić information content (AvgIpc) is 3.39. The Labute approximate surface area is 257 Å². The van der Waals surface area contributed by atoms with Crippen LogP contribution in [0.15, 0.2) is 48.5 Å². The average molecular weight is 627 g/mol. The summed E-state index contributed by atoms with van der Waals surface area (Å²) in [4.78, 5) is 17.2. The molecule has 0 unspecified atom stereocenters. The maximum absolute atomic E-state index is 13.9. The van der Waals surface area contributed by atoms with Crippen molar-refractivity contribution >= 4 is 28.2 Å². The van der Waals surface area contributed by atoms with E-state index in [1.165, 1.54) is 12.1 Å². The van der Waals surface area contributed by atoms with Crippen LogP contribution in [0.4, 0.5) is 33.3 Å². The van der Waals surface area contributed by atoms with Gasteiger partial charge >= 0.3 is 6.18 Å². The van der Waals surface area contributed by atoms with Crippen molar-refractivity contribution in [1.82, 2.24) is 15.1 Å². The van der Waals surface area contributed by atoms with Gasteiger partial charge in [-0.2, -0.15) is 18.3 Å². The summed E-state index contributed by atoms with van der Waals surface area (Å²) in [6.07, 6.45) is -3.40. The molecule has 2 heterocycles. The normalized spacial score (nSPS) is 19.6. The van der Waals surface area contributed by atoms with E-state index < -0.39 is 29.6 Å². The largest absolute Gasteiger partial charge is 0.391 e. The minimum absolute atomic E-state index is 0.00404. The molecule has 6 rings (SSSR count). The number of H-pyrrole nitrogens is 1. The number of primary amides is 1. The number of halogens is 5. The van der Waals surface area contributed by atoms with Gasteiger partial charge in [-0.25, -0.2) is 8.78 Å². The number of rotatable bonds is 7. The highest BCUT2D eigenvalue weighted by Gasteiger charge is 2.41. The molecule has 4 N–H and O–H groups in total. The number of aromatic nitrogens is 2. The lowest BCUT2D eigenvalue weighted by atomic mass is 9.85. The molecular formula is C33H35F5N6O. The highest BCUT2D eigenvalue weighted by molar-refractivity contribution is 6.08. The van der Waals surface area contributed by atoms with Crippen molar-refractivity contribution in [2.45, 2.75) is 44.3 Å². The minimum atomic E-state index is -4.24. The topological polar surface area (TPSA) is 90.3 Å². The first-order valence-electron chi connectivity index (χ1n) is 15.1. The van der Waals surface area contributed by atoms with Gasteiger partial charge in [-0.1, -0.05) is 6.07 Å². The maximum atomic E-state index is 13.9. The summed E-state index contributed by atoms with van der Waals surface area (Å²) in [6, 6.07) is 12.2. The lowest BCUT2D eigenvalue weighted by Crippen LogP contribution is -2.44. The van der Waals surface area contributed by atoms with Crippen LogP contribution in [0.2, 0.25) is 0 Å². The van der Waals surface area contributed by atoms with Gasteiger partial charge in [-0.3, -0.25) is 9.89 Å². The fourth-order valence-corrected chi connectivity index (χ4v) is 6.58. The monoisotopic (exact) mass is 626 g/mol. The molecule has 1 amide bonds. The van der Waals surface area contributed by atoms with Gasteiger partial charge in [-0.15, -0.1) is 0 Å². The zero-order valence-electron chi connectivity index (χ0n) is 24.9. The fraction of sp³-hybridized carbons (Fsp3) is 0.394. The number of amides is 1. The van der Waals surface area contributed by atoms with Crippen molar-refractivity contribution in [2.24, 2.45) is 11.7 Å². The van der Waals surface area contributed by atoms with E-state index in [4.69, 9.17) is 5.73 Å². The number of alkyl halides is 3. The molecular weight excluding hydrogens is 591 g/mol. The van der Waals surface area contributed by atoms with Gasteiger partial charge in [0.1, 0.15) is 17.3 Å². The number of anilines is 2. The van der Waals surface area contributed by atoms with E-state index in [1.807, 2.05) is 31.3 Å². The van der Waals surface area contributed by atoms with Gasteiger partial charge in [0.15, 0.2) is 0 Å². The molecule has 0 bridgehead atoms. The van der Waals surface area contributed by atoms with E-state index in [1.54, 1.807) is 6.07 Å². The summed E-state index contributed by atoms with van der Waals surface area (Å²) in [5.74, 6) is -3.32. The summed E-state index contributed by atoms with van der Waals surface area (Å²) >= 11 is 0. The van der Waals surface area contributed by atoms with Crippen molar-refractivity contribution in [3.8, 4) is 11.3 Å². The molecule has 4 aromatic rings. The molecule has 45 heavy (non-hydrogen) atoms. The summed E-state index contributed by atoms with van der Waals surface area (Å²) < 4.78 is 68.1. The van der Waals surface area contributed by atoms with E-state index in [-0.39, 0.29) is 43.7 Å². The number of nitrogens with two attached hydrogens (primary N) is 1. The molecule has 0 radical (unpaired) electrons. The first kappa shape index (κ1) is 30.8. The quantitative estimate of drug-likeness (QED) is 0.204. The third-order valence-corrected chi connectivity index (χ3v) is 9.03. The fourth-order valence-electron chi connectivity index (χ4n) is 6.58. The van der Waals surface area contributed by atoms with Crippen molar-refractivity contribution in [2.75, 3.05) is 43.4 Å². The Kier molecular flexibility index (Phi) is 8.43. The summed E-state index contributed by atoms with van der Waals surface area (Å²) in [5.41, 5.74) is 10.5. The van der Waals surface area contributed by atoms with Crippen molar-refractivity contribution < 1.29 is 26.7 Å². The van der Waals surface area contributed by atoms with E-state index in [2.05, 4.69) is 25.3 Å². The van der Waals surface area contributed by atoms with Crippen LogP contribution >= 0.6 is 0 Å². The second kappa shape index (κ2) is 12.3. The molecule has 7 nitrogen and oxygen atoms in total. The Bertz CT molecular complexity index is 1680. The molecule has 1 saturated carbocycles. The molecule has 12 heteroatoms. The molecule has 1 saturated heterocycles. The number of piperazine rings is 1. The number of hydrogen-bond acceptors (Lipinski definition) is 5. The Balaban J connectivity index is 1.45. The molecule has 3 aromatic carbocycles. The number of hydrogen-bond donors (Lipinski definition) is 3. The van der Waals surface area contributed by atoms with Crippen molar-refractivity contribution in [3.63, 3.8) is 0 Å². The molecule has 1 aromatic heterocycles. The lowest BCUT2D eigenvalue weighted by Gasteiger charge is -2.36. The second-order valence-electron chi connectivity index (χ2n) is 12.2. The SMILES string of the molecule is CN1CCN(c2ccc(C(N)=O)c(NC3CCC(C(F)(F)F)CC3)c2-c2n[nH]c3ccc(Cc4cc(F)cc(F)c4)cc23)CC1. The number of nitrogens with one attached hydrogen (secondary N) is 2. The Morgan fingerprint density at radius 1 is 0.956 bits per heavy atom. The standard InChI is InChI=1S/C33H35F5N6O/c1-43-10-12-44(13-11-43)28-9-7-25(32(39)45)30(40-24-5-3-21(4-6-24)33(36,37)38)29(28)31-26-17-19(2-8-27(26)41-42-31)14-20-15-22(34)18-23(35)16-20/h2,7-9,15-18,21,24,40H,3-6,10-14H2,1H3,(H2,39,45)(H,41,42). The molecule has 2 fully saturated rings.